The number of ether oxygens (including phenoxy) is 2. The predicted octanol–water partition coefficient (Wildman–Crippen LogP) is 3.05. The Kier molecular flexibility index (Phi) is 5.59. The summed E-state index contributed by atoms with van der Waals surface area (Å²) in [7, 11) is 0. The minimum absolute atomic E-state index is 0.149. The number of anilines is 1. The second-order valence-corrected chi connectivity index (χ2v) is 7.49. The SMILES string of the molecule is NC(=O)c1cc(-c2csc(NC(=O)c3ccc(OCC4CCCO4)cc3)n2)c[nH]1. The van der Waals surface area contributed by atoms with E-state index in [0.717, 1.165) is 25.0 Å². The highest BCUT2D eigenvalue weighted by molar-refractivity contribution is 7.14. The summed E-state index contributed by atoms with van der Waals surface area (Å²) >= 11 is 1.30. The second kappa shape index (κ2) is 8.46. The smallest absolute Gasteiger partial charge is 0.265 e. The van der Waals surface area contributed by atoms with Crippen LogP contribution in [0, 0.1) is 0 Å². The van der Waals surface area contributed by atoms with E-state index < -0.39 is 5.91 Å². The van der Waals surface area contributed by atoms with Crippen molar-refractivity contribution in [1.82, 2.24) is 9.97 Å². The maximum Gasteiger partial charge on any atom is 0.265 e. The van der Waals surface area contributed by atoms with Crippen molar-refractivity contribution in [1.29, 1.82) is 0 Å². The van der Waals surface area contributed by atoms with Crippen LogP contribution in [0.3, 0.4) is 0 Å². The monoisotopic (exact) mass is 412 g/mol. The van der Waals surface area contributed by atoms with Crippen molar-refractivity contribution in [3.63, 3.8) is 0 Å². The average Bonchev–Trinajstić information content (AvgIpc) is 3.47. The molecule has 3 heterocycles. The first kappa shape index (κ1) is 19.2. The normalized spacial score (nSPS) is 15.9. The summed E-state index contributed by atoms with van der Waals surface area (Å²) in [4.78, 5) is 30.8. The van der Waals surface area contributed by atoms with Crippen LogP contribution >= 0.6 is 11.3 Å². The highest BCUT2D eigenvalue weighted by atomic mass is 32.1. The number of amides is 2. The average molecular weight is 412 g/mol. The molecule has 29 heavy (non-hydrogen) atoms. The second-order valence-electron chi connectivity index (χ2n) is 6.63. The molecule has 0 bridgehead atoms. The van der Waals surface area contributed by atoms with E-state index in [9.17, 15) is 9.59 Å². The number of aromatic amines is 1. The summed E-state index contributed by atoms with van der Waals surface area (Å²) in [5, 5.41) is 5.04. The number of H-pyrrole nitrogens is 1. The molecule has 1 unspecified atom stereocenters. The van der Waals surface area contributed by atoms with Crippen LogP contribution < -0.4 is 15.8 Å². The molecule has 2 amide bonds. The Morgan fingerprint density at radius 1 is 1.34 bits per heavy atom. The fourth-order valence-corrected chi connectivity index (χ4v) is 3.70. The van der Waals surface area contributed by atoms with Crippen molar-refractivity contribution in [2.24, 2.45) is 5.73 Å². The first-order valence-electron chi connectivity index (χ1n) is 9.18. The molecule has 1 aliphatic heterocycles. The molecule has 1 aliphatic rings. The number of aromatic nitrogens is 2. The lowest BCUT2D eigenvalue weighted by Gasteiger charge is -2.11. The quantitative estimate of drug-likeness (QED) is 0.551. The summed E-state index contributed by atoms with van der Waals surface area (Å²) in [6.07, 6.45) is 3.89. The number of thiazole rings is 1. The Morgan fingerprint density at radius 3 is 2.86 bits per heavy atom. The summed E-state index contributed by atoms with van der Waals surface area (Å²) in [6.45, 7) is 1.31. The lowest BCUT2D eigenvalue weighted by molar-refractivity contribution is 0.0679. The summed E-state index contributed by atoms with van der Waals surface area (Å²) in [5.41, 5.74) is 7.42. The van der Waals surface area contributed by atoms with Gasteiger partial charge in [0.2, 0.25) is 0 Å². The molecule has 1 atom stereocenters. The van der Waals surface area contributed by atoms with Gasteiger partial charge in [0.1, 0.15) is 18.1 Å². The zero-order chi connectivity index (χ0) is 20.2. The van der Waals surface area contributed by atoms with Gasteiger partial charge in [0, 0.05) is 29.3 Å². The zero-order valence-electron chi connectivity index (χ0n) is 15.5. The summed E-state index contributed by atoms with van der Waals surface area (Å²) < 4.78 is 11.2. The number of carbonyl (C=O) groups is 2. The molecule has 1 saturated heterocycles. The molecule has 0 radical (unpaired) electrons. The fraction of sp³-hybridized carbons (Fsp3) is 0.250. The van der Waals surface area contributed by atoms with Crippen LogP contribution in [-0.2, 0) is 4.74 Å². The van der Waals surface area contributed by atoms with Gasteiger partial charge in [-0.1, -0.05) is 0 Å². The number of benzene rings is 1. The van der Waals surface area contributed by atoms with Gasteiger partial charge in [-0.2, -0.15) is 0 Å². The van der Waals surface area contributed by atoms with E-state index in [1.165, 1.54) is 11.3 Å². The number of hydrogen-bond donors (Lipinski definition) is 3. The van der Waals surface area contributed by atoms with E-state index in [4.69, 9.17) is 15.2 Å². The first-order chi connectivity index (χ1) is 14.1. The van der Waals surface area contributed by atoms with E-state index in [0.29, 0.717) is 34.4 Å². The molecule has 4 N–H and O–H groups in total. The molecule has 150 valence electrons. The highest BCUT2D eigenvalue weighted by Crippen LogP contribution is 2.26. The van der Waals surface area contributed by atoms with Crippen LogP contribution in [0.5, 0.6) is 5.75 Å². The number of nitrogens with two attached hydrogens (primary N) is 1. The van der Waals surface area contributed by atoms with E-state index in [-0.39, 0.29) is 12.0 Å². The van der Waals surface area contributed by atoms with Crippen molar-refractivity contribution in [3.8, 4) is 17.0 Å². The van der Waals surface area contributed by atoms with Crippen molar-refractivity contribution in [3.05, 3.63) is 53.2 Å². The van der Waals surface area contributed by atoms with Crippen molar-refractivity contribution in [2.75, 3.05) is 18.5 Å². The van der Waals surface area contributed by atoms with E-state index >= 15 is 0 Å². The fourth-order valence-electron chi connectivity index (χ4n) is 2.98. The van der Waals surface area contributed by atoms with Crippen LogP contribution in [0.4, 0.5) is 5.13 Å². The standard InChI is InChI=1S/C20H20N4O4S/c21-18(25)16-8-13(9-22-16)17-11-29-20(23-17)24-19(26)12-3-5-14(6-4-12)28-10-15-2-1-7-27-15/h3-6,8-9,11,15,22H,1-2,7,10H2,(H2,21,25)(H,23,24,26). The number of rotatable bonds is 7. The van der Waals surface area contributed by atoms with Crippen LogP contribution in [0.2, 0.25) is 0 Å². The first-order valence-corrected chi connectivity index (χ1v) is 10.1. The summed E-state index contributed by atoms with van der Waals surface area (Å²) in [5.74, 6) is -0.0991. The van der Waals surface area contributed by atoms with Gasteiger partial charge in [0.15, 0.2) is 5.13 Å². The molecule has 1 aromatic carbocycles. The molecule has 0 saturated carbocycles. The molecule has 0 aliphatic carbocycles. The van der Waals surface area contributed by atoms with Crippen LogP contribution in [0.25, 0.3) is 11.3 Å². The van der Waals surface area contributed by atoms with Crippen LogP contribution in [-0.4, -0.2) is 41.1 Å². The molecule has 1 fully saturated rings. The third-order valence-corrected chi connectivity index (χ3v) is 5.30. The minimum Gasteiger partial charge on any atom is -0.491 e. The van der Waals surface area contributed by atoms with Crippen molar-refractivity contribution >= 4 is 28.3 Å². The molecule has 0 spiro atoms. The Labute approximate surface area is 171 Å². The zero-order valence-corrected chi connectivity index (χ0v) is 16.3. The Morgan fingerprint density at radius 2 is 2.17 bits per heavy atom. The van der Waals surface area contributed by atoms with E-state index in [1.54, 1.807) is 41.9 Å². The summed E-state index contributed by atoms with van der Waals surface area (Å²) in [6, 6.07) is 8.57. The van der Waals surface area contributed by atoms with Gasteiger partial charge < -0.3 is 20.2 Å². The third-order valence-electron chi connectivity index (χ3n) is 4.55. The van der Waals surface area contributed by atoms with Gasteiger partial charge >= 0.3 is 0 Å². The van der Waals surface area contributed by atoms with Crippen LogP contribution in [0.15, 0.2) is 41.9 Å². The largest absolute Gasteiger partial charge is 0.491 e. The lowest BCUT2D eigenvalue weighted by atomic mass is 10.2. The third kappa shape index (κ3) is 4.64. The van der Waals surface area contributed by atoms with Crippen molar-refractivity contribution in [2.45, 2.75) is 18.9 Å². The van der Waals surface area contributed by atoms with Gasteiger partial charge in [-0.05, 0) is 43.2 Å². The maximum absolute atomic E-state index is 12.5. The molecule has 2 aromatic heterocycles. The topological polar surface area (TPSA) is 119 Å². The predicted molar refractivity (Wildman–Crippen MR) is 109 cm³/mol. The number of carbonyl (C=O) groups excluding carboxylic acids is 2. The number of nitrogens with zero attached hydrogens (tertiary/aromatic N) is 1. The van der Waals surface area contributed by atoms with Crippen LogP contribution in [0.1, 0.15) is 33.7 Å². The van der Waals surface area contributed by atoms with E-state index in [1.807, 2.05) is 0 Å². The van der Waals surface area contributed by atoms with Crippen molar-refractivity contribution < 1.29 is 19.1 Å². The molecule has 9 heteroatoms. The number of nitrogens with one attached hydrogen (secondary N) is 2. The highest BCUT2D eigenvalue weighted by Gasteiger charge is 2.16. The number of hydrogen-bond acceptors (Lipinski definition) is 6. The maximum atomic E-state index is 12.5. The van der Waals surface area contributed by atoms with Gasteiger partial charge in [-0.25, -0.2) is 4.98 Å². The Hall–Kier alpha value is -3.17. The molecule has 8 nitrogen and oxygen atoms in total. The Balaban J connectivity index is 1.35. The minimum atomic E-state index is -0.539. The number of primary amides is 1. The van der Waals surface area contributed by atoms with Gasteiger partial charge in [0.25, 0.3) is 11.8 Å². The molecule has 4 rings (SSSR count). The van der Waals surface area contributed by atoms with Gasteiger partial charge in [-0.15, -0.1) is 11.3 Å². The Bertz CT molecular complexity index is 1010. The van der Waals surface area contributed by atoms with Gasteiger partial charge in [0.05, 0.1) is 11.8 Å². The molecular formula is C20H20N4O4S. The van der Waals surface area contributed by atoms with E-state index in [2.05, 4.69) is 15.3 Å². The lowest BCUT2D eigenvalue weighted by Crippen LogP contribution is -2.16. The van der Waals surface area contributed by atoms with Gasteiger partial charge in [-0.3, -0.25) is 14.9 Å². The molecule has 3 aromatic rings. The molecular weight excluding hydrogens is 392 g/mol.